The maximum atomic E-state index is 13.1. The molecule has 0 aliphatic carbocycles. The molecule has 1 fully saturated rings. The van der Waals surface area contributed by atoms with Gasteiger partial charge in [0.1, 0.15) is 12.4 Å². The molecule has 0 radical (unpaired) electrons. The number of nitrogens with zero attached hydrogens (tertiary/aromatic N) is 2. The quantitative estimate of drug-likeness (QED) is 0.541. The Kier molecular flexibility index (Phi) is 6.70. The van der Waals surface area contributed by atoms with Crippen LogP contribution >= 0.6 is 0 Å². The van der Waals surface area contributed by atoms with Crippen molar-refractivity contribution in [2.45, 2.75) is 39.7 Å². The molecular formula is C26H31N3O4. The third-order valence-corrected chi connectivity index (χ3v) is 5.94. The number of aromatic amines is 1. The number of aryl methyl sites for hydroxylation is 1. The van der Waals surface area contributed by atoms with Gasteiger partial charge in [0.25, 0.3) is 5.91 Å². The first-order chi connectivity index (χ1) is 15.9. The van der Waals surface area contributed by atoms with Gasteiger partial charge in [-0.25, -0.2) is 0 Å². The number of aliphatic hydroxyl groups excluding tert-OH is 1. The molecule has 7 heteroatoms. The second-order valence-corrected chi connectivity index (χ2v) is 8.77. The van der Waals surface area contributed by atoms with Crippen LogP contribution in [0.15, 0.2) is 42.5 Å². The van der Waals surface area contributed by atoms with Crippen LogP contribution in [0.3, 0.4) is 0 Å². The zero-order valence-corrected chi connectivity index (χ0v) is 19.6. The molecule has 1 saturated heterocycles. The Morgan fingerprint density at radius 1 is 1.18 bits per heavy atom. The molecule has 3 aromatic rings. The summed E-state index contributed by atoms with van der Waals surface area (Å²) in [4.78, 5) is 15.0. The van der Waals surface area contributed by atoms with Crippen molar-refractivity contribution in [1.82, 2.24) is 15.1 Å². The van der Waals surface area contributed by atoms with Crippen LogP contribution in [-0.4, -0.2) is 58.5 Å². The highest BCUT2D eigenvalue weighted by molar-refractivity contribution is 5.96. The largest absolute Gasteiger partial charge is 0.491 e. The van der Waals surface area contributed by atoms with Crippen molar-refractivity contribution >= 4 is 5.91 Å². The summed E-state index contributed by atoms with van der Waals surface area (Å²) in [6.45, 7) is 9.46. The third-order valence-electron chi connectivity index (χ3n) is 5.94. The molecule has 174 valence electrons. The van der Waals surface area contributed by atoms with Gasteiger partial charge in [-0.05, 0) is 63.1 Å². The molecule has 2 aromatic carbocycles. The van der Waals surface area contributed by atoms with Crippen molar-refractivity contribution in [2.24, 2.45) is 0 Å². The third kappa shape index (κ3) is 4.88. The molecule has 0 bridgehead atoms. The van der Waals surface area contributed by atoms with Crippen LogP contribution in [0.5, 0.6) is 11.6 Å². The average Bonchev–Trinajstić information content (AvgIpc) is 3.12. The SMILES string of the molecule is Cc1ccc(C(=O)N2CC(c3ccc(OC(C)C)cc3)C2)cc1-c1[nH]nc(OCCO)c1C. The summed E-state index contributed by atoms with van der Waals surface area (Å²) in [6, 6.07) is 13.9. The molecule has 2 heterocycles. The van der Waals surface area contributed by atoms with E-state index in [1.165, 1.54) is 5.56 Å². The van der Waals surface area contributed by atoms with Gasteiger partial charge in [0.2, 0.25) is 5.88 Å². The number of aliphatic hydroxyl groups is 1. The number of likely N-dealkylation sites (tertiary alicyclic amines) is 1. The molecule has 0 spiro atoms. The van der Waals surface area contributed by atoms with Crippen molar-refractivity contribution < 1.29 is 19.4 Å². The van der Waals surface area contributed by atoms with Crippen molar-refractivity contribution in [3.63, 3.8) is 0 Å². The van der Waals surface area contributed by atoms with Gasteiger partial charge in [0, 0.05) is 35.7 Å². The van der Waals surface area contributed by atoms with Crippen LogP contribution in [0.4, 0.5) is 0 Å². The predicted molar refractivity (Wildman–Crippen MR) is 127 cm³/mol. The van der Waals surface area contributed by atoms with Gasteiger partial charge in [-0.3, -0.25) is 9.89 Å². The zero-order chi connectivity index (χ0) is 23.5. The minimum absolute atomic E-state index is 0.0289. The fourth-order valence-electron chi connectivity index (χ4n) is 4.08. The normalized spacial score (nSPS) is 13.8. The van der Waals surface area contributed by atoms with Crippen LogP contribution in [0.1, 0.15) is 46.8 Å². The van der Waals surface area contributed by atoms with Crippen LogP contribution in [0.25, 0.3) is 11.3 Å². The number of hydrogen-bond acceptors (Lipinski definition) is 5. The lowest BCUT2D eigenvalue weighted by molar-refractivity contribution is 0.0602. The van der Waals surface area contributed by atoms with Crippen LogP contribution in [0.2, 0.25) is 0 Å². The Hall–Kier alpha value is -3.32. The standard InChI is InChI=1S/C26H31N3O4/c1-16(2)33-22-9-7-19(8-10-22)21-14-29(15-21)26(31)20-6-5-17(3)23(13-20)24-18(4)25(28-27-24)32-12-11-30/h5-10,13,16,21,30H,11-12,14-15H2,1-4H3,(H,27,28). The van der Waals surface area contributed by atoms with E-state index in [0.717, 1.165) is 28.1 Å². The Labute approximate surface area is 194 Å². The molecule has 1 aromatic heterocycles. The van der Waals surface area contributed by atoms with E-state index < -0.39 is 0 Å². The number of ether oxygens (including phenoxy) is 2. The highest BCUT2D eigenvalue weighted by atomic mass is 16.5. The fraction of sp³-hybridized carbons (Fsp3) is 0.385. The second-order valence-electron chi connectivity index (χ2n) is 8.77. The van der Waals surface area contributed by atoms with Crippen LogP contribution < -0.4 is 9.47 Å². The molecule has 0 atom stereocenters. The summed E-state index contributed by atoms with van der Waals surface area (Å²) in [5.74, 6) is 1.70. The molecule has 2 N–H and O–H groups in total. The first kappa shape index (κ1) is 22.9. The minimum atomic E-state index is -0.0721. The lowest BCUT2D eigenvalue weighted by Crippen LogP contribution is -2.48. The van der Waals surface area contributed by atoms with E-state index >= 15 is 0 Å². The summed E-state index contributed by atoms with van der Waals surface area (Å²) in [7, 11) is 0. The van der Waals surface area contributed by atoms with Gasteiger partial charge in [0.05, 0.1) is 18.4 Å². The van der Waals surface area contributed by atoms with Gasteiger partial charge in [-0.1, -0.05) is 18.2 Å². The molecule has 1 aliphatic rings. The minimum Gasteiger partial charge on any atom is -0.491 e. The molecule has 1 aliphatic heterocycles. The van der Waals surface area contributed by atoms with E-state index in [1.807, 2.05) is 62.9 Å². The van der Waals surface area contributed by atoms with Gasteiger partial charge < -0.3 is 19.5 Å². The summed E-state index contributed by atoms with van der Waals surface area (Å²) in [6.07, 6.45) is 0.150. The molecular weight excluding hydrogens is 418 g/mol. The van der Waals surface area contributed by atoms with Crippen molar-refractivity contribution in [3.8, 4) is 22.9 Å². The van der Waals surface area contributed by atoms with Gasteiger partial charge in [0.15, 0.2) is 0 Å². The highest BCUT2D eigenvalue weighted by Gasteiger charge is 2.32. The lowest BCUT2D eigenvalue weighted by atomic mass is 9.90. The first-order valence-electron chi connectivity index (χ1n) is 11.3. The number of rotatable bonds is 8. The summed E-state index contributed by atoms with van der Waals surface area (Å²) in [5, 5.41) is 16.2. The van der Waals surface area contributed by atoms with Crippen LogP contribution in [-0.2, 0) is 0 Å². The van der Waals surface area contributed by atoms with E-state index in [-0.39, 0.29) is 25.2 Å². The molecule has 7 nitrogen and oxygen atoms in total. The Balaban J connectivity index is 1.44. The van der Waals surface area contributed by atoms with Crippen molar-refractivity contribution in [2.75, 3.05) is 26.3 Å². The van der Waals surface area contributed by atoms with Gasteiger partial charge in [-0.2, -0.15) is 0 Å². The van der Waals surface area contributed by atoms with Gasteiger partial charge in [-0.15, -0.1) is 5.10 Å². The monoisotopic (exact) mass is 449 g/mol. The number of nitrogens with one attached hydrogen (secondary N) is 1. The Bertz CT molecular complexity index is 1120. The molecule has 0 saturated carbocycles. The Morgan fingerprint density at radius 3 is 2.58 bits per heavy atom. The highest BCUT2D eigenvalue weighted by Crippen LogP contribution is 2.33. The molecule has 1 amide bonds. The predicted octanol–water partition coefficient (Wildman–Crippen LogP) is 4.09. The number of carbonyl (C=O) groups excluding carboxylic acids is 1. The topological polar surface area (TPSA) is 87.7 Å². The maximum Gasteiger partial charge on any atom is 0.253 e. The Morgan fingerprint density at radius 2 is 1.91 bits per heavy atom. The summed E-state index contributed by atoms with van der Waals surface area (Å²) < 4.78 is 11.2. The van der Waals surface area contributed by atoms with Crippen molar-refractivity contribution in [1.29, 1.82) is 0 Å². The number of benzene rings is 2. The lowest BCUT2D eigenvalue weighted by Gasteiger charge is -2.39. The van der Waals surface area contributed by atoms with E-state index in [9.17, 15) is 4.79 Å². The fourth-order valence-corrected chi connectivity index (χ4v) is 4.08. The molecule has 4 rings (SSSR count). The second kappa shape index (κ2) is 9.67. The molecule has 33 heavy (non-hydrogen) atoms. The molecule has 0 unspecified atom stereocenters. The smallest absolute Gasteiger partial charge is 0.253 e. The number of H-pyrrole nitrogens is 1. The number of carbonyl (C=O) groups is 1. The zero-order valence-electron chi connectivity index (χ0n) is 19.6. The maximum absolute atomic E-state index is 13.1. The first-order valence-corrected chi connectivity index (χ1v) is 11.3. The van der Waals surface area contributed by atoms with E-state index in [1.54, 1.807) is 0 Å². The summed E-state index contributed by atoms with van der Waals surface area (Å²) >= 11 is 0. The van der Waals surface area contributed by atoms with Crippen LogP contribution in [0, 0.1) is 13.8 Å². The van der Waals surface area contributed by atoms with E-state index in [4.69, 9.17) is 14.6 Å². The number of amides is 1. The van der Waals surface area contributed by atoms with E-state index in [2.05, 4.69) is 22.3 Å². The number of aromatic nitrogens is 2. The number of hydrogen-bond donors (Lipinski definition) is 2. The van der Waals surface area contributed by atoms with Crippen molar-refractivity contribution in [3.05, 3.63) is 64.7 Å². The average molecular weight is 450 g/mol. The van der Waals surface area contributed by atoms with E-state index in [0.29, 0.717) is 30.5 Å². The van der Waals surface area contributed by atoms with Gasteiger partial charge >= 0.3 is 0 Å². The summed E-state index contributed by atoms with van der Waals surface area (Å²) in [5.41, 5.74) is 5.51.